The second-order valence-corrected chi connectivity index (χ2v) is 5.51. The first-order valence-corrected chi connectivity index (χ1v) is 7.87. The van der Waals surface area contributed by atoms with Gasteiger partial charge in [-0.05, 0) is 29.6 Å². The number of methoxy groups -OCH3 is 2. The Morgan fingerprint density at radius 3 is 2.75 bits per heavy atom. The molecule has 2 rings (SSSR count). The molecule has 0 radical (unpaired) electrons. The lowest BCUT2D eigenvalue weighted by Crippen LogP contribution is -2.34. The minimum atomic E-state index is -0.432. The van der Waals surface area contributed by atoms with Crippen molar-refractivity contribution in [1.29, 1.82) is 0 Å². The van der Waals surface area contributed by atoms with Gasteiger partial charge in [0, 0.05) is 5.56 Å². The second kappa shape index (κ2) is 8.68. The van der Waals surface area contributed by atoms with Crippen molar-refractivity contribution in [3.05, 3.63) is 46.2 Å². The Morgan fingerprint density at radius 2 is 2.08 bits per heavy atom. The maximum absolute atomic E-state index is 11.7. The summed E-state index contributed by atoms with van der Waals surface area (Å²) in [6.45, 7) is -0.163. The third-order valence-electron chi connectivity index (χ3n) is 2.98. The Balaban J connectivity index is 1.87. The lowest BCUT2D eigenvalue weighted by molar-refractivity contribution is -0.120. The van der Waals surface area contributed by atoms with E-state index in [2.05, 4.69) is 15.8 Å². The van der Waals surface area contributed by atoms with Crippen LogP contribution in [0.3, 0.4) is 0 Å². The van der Waals surface area contributed by atoms with Gasteiger partial charge < -0.3 is 14.8 Å². The molecule has 0 saturated heterocycles. The number of carbonyl (C=O) groups is 2. The van der Waals surface area contributed by atoms with Gasteiger partial charge in [-0.1, -0.05) is 6.07 Å². The van der Waals surface area contributed by atoms with E-state index in [9.17, 15) is 9.59 Å². The summed E-state index contributed by atoms with van der Waals surface area (Å²) in [5.74, 6) is 0.517. The Morgan fingerprint density at radius 1 is 1.25 bits per heavy atom. The van der Waals surface area contributed by atoms with Crippen molar-refractivity contribution < 1.29 is 19.1 Å². The molecule has 0 saturated carbocycles. The van der Waals surface area contributed by atoms with E-state index in [-0.39, 0.29) is 12.5 Å². The van der Waals surface area contributed by atoms with Crippen LogP contribution in [0.5, 0.6) is 11.5 Å². The first-order valence-electron chi connectivity index (χ1n) is 6.99. The molecule has 24 heavy (non-hydrogen) atoms. The van der Waals surface area contributed by atoms with Crippen LogP contribution in [0.1, 0.15) is 15.2 Å². The minimum absolute atomic E-state index is 0.163. The molecule has 1 aromatic carbocycles. The summed E-state index contributed by atoms with van der Waals surface area (Å²) in [7, 11) is 3.10. The fraction of sp³-hybridized carbons (Fsp3) is 0.188. The van der Waals surface area contributed by atoms with Crippen LogP contribution in [0, 0.1) is 0 Å². The Labute approximate surface area is 143 Å². The van der Waals surface area contributed by atoms with Crippen molar-refractivity contribution in [3.63, 3.8) is 0 Å². The number of hydrogen-bond acceptors (Lipinski definition) is 6. The van der Waals surface area contributed by atoms with E-state index in [0.717, 1.165) is 0 Å². The molecule has 1 heterocycles. The number of nitrogens with zero attached hydrogens (tertiary/aromatic N) is 1. The standard InChI is InChI=1S/C16H17N3O4S/c1-22-12-5-6-13(23-2)11(8-12)9-18-19-15(20)10-17-16(21)14-4-3-7-24-14/h3-9H,10H2,1-2H3,(H,17,21)(H,19,20)/b18-9-. The number of hydrogen-bond donors (Lipinski definition) is 2. The van der Waals surface area contributed by atoms with Crippen LogP contribution >= 0.6 is 11.3 Å². The van der Waals surface area contributed by atoms with Crippen LogP contribution < -0.4 is 20.2 Å². The van der Waals surface area contributed by atoms with Crippen LogP contribution in [-0.2, 0) is 4.79 Å². The van der Waals surface area contributed by atoms with Crippen molar-refractivity contribution in [2.45, 2.75) is 0 Å². The van der Waals surface area contributed by atoms with Crippen molar-refractivity contribution >= 4 is 29.4 Å². The molecule has 0 fully saturated rings. The molecular formula is C16H17N3O4S. The van der Waals surface area contributed by atoms with Crippen molar-refractivity contribution in [2.24, 2.45) is 5.10 Å². The monoisotopic (exact) mass is 347 g/mol. The molecule has 0 unspecified atom stereocenters. The van der Waals surface area contributed by atoms with Crippen LogP contribution in [-0.4, -0.2) is 38.8 Å². The summed E-state index contributed by atoms with van der Waals surface area (Å²) in [4.78, 5) is 24.0. The number of hydrazone groups is 1. The molecule has 0 atom stereocenters. The maximum Gasteiger partial charge on any atom is 0.261 e. The summed E-state index contributed by atoms with van der Waals surface area (Å²) in [5, 5.41) is 8.17. The average Bonchev–Trinajstić information content (AvgIpc) is 3.14. The van der Waals surface area contributed by atoms with E-state index in [0.29, 0.717) is 21.9 Å². The summed E-state index contributed by atoms with van der Waals surface area (Å²) in [6.07, 6.45) is 1.44. The van der Waals surface area contributed by atoms with Crippen LogP contribution in [0.4, 0.5) is 0 Å². The van der Waals surface area contributed by atoms with Crippen LogP contribution in [0.25, 0.3) is 0 Å². The molecule has 0 aliphatic carbocycles. The zero-order chi connectivity index (χ0) is 17.4. The van der Waals surface area contributed by atoms with Crippen LogP contribution in [0.2, 0.25) is 0 Å². The highest BCUT2D eigenvalue weighted by Gasteiger charge is 2.08. The highest BCUT2D eigenvalue weighted by Crippen LogP contribution is 2.22. The molecule has 126 valence electrons. The highest BCUT2D eigenvalue weighted by atomic mass is 32.1. The van der Waals surface area contributed by atoms with Crippen molar-refractivity contribution in [3.8, 4) is 11.5 Å². The Bertz CT molecular complexity index is 729. The molecule has 0 spiro atoms. The SMILES string of the molecule is COc1ccc(OC)c(/C=N\NC(=O)CNC(=O)c2cccs2)c1. The van der Waals surface area contributed by atoms with Gasteiger partial charge in [0.25, 0.3) is 11.8 Å². The van der Waals surface area contributed by atoms with E-state index in [4.69, 9.17) is 9.47 Å². The largest absolute Gasteiger partial charge is 0.497 e. The quantitative estimate of drug-likeness (QED) is 0.589. The number of amides is 2. The molecule has 0 aliphatic heterocycles. The van der Waals surface area contributed by atoms with Gasteiger partial charge in [0.15, 0.2) is 0 Å². The van der Waals surface area contributed by atoms with Gasteiger partial charge in [0.2, 0.25) is 0 Å². The second-order valence-electron chi connectivity index (χ2n) is 4.56. The number of carbonyl (C=O) groups excluding carboxylic acids is 2. The fourth-order valence-corrected chi connectivity index (χ4v) is 2.45. The molecular weight excluding hydrogens is 330 g/mol. The number of ether oxygens (including phenoxy) is 2. The van der Waals surface area contributed by atoms with E-state index in [1.54, 1.807) is 42.8 Å². The summed E-state index contributed by atoms with van der Waals surface area (Å²) in [5.41, 5.74) is 3.00. The van der Waals surface area contributed by atoms with Gasteiger partial charge in [-0.3, -0.25) is 9.59 Å². The Kier molecular flexibility index (Phi) is 6.32. The first-order chi connectivity index (χ1) is 11.6. The number of benzene rings is 1. The molecule has 2 N–H and O–H groups in total. The molecule has 8 heteroatoms. The lowest BCUT2D eigenvalue weighted by atomic mass is 10.2. The normalized spacial score (nSPS) is 10.4. The predicted octanol–water partition coefficient (Wildman–Crippen LogP) is 1.65. The maximum atomic E-state index is 11.7. The molecule has 1 aromatic heterocycles. The Hall–Kier alpha value is -2.87. The van der Waals surface area contributed by atoms with E-state index in [1.807, 2.05) is 0 Å². The van der Waals surface area contributed by atoms with Gasteiger partial charge in [-0.15, -0.1) is 11.3 Å². The first kappa shape index (κ1) is 17.5. The molecule has 7 nitrogen and oxygen atoms in total. The summed E-state index contributed by atoms with van der Waals surface area (Å²) in [6, 6.07) is 8.68. The zero-order valence-electron chi connectivity index (χ0n) is 13.2. The number of rotatable bonds is 7. The van der Waals surface area contributed by atoms with Crippen molar-refractivity contribution in [2.75, 3.05) is 20.8 Å². The fourth-order valence-electron chi connectivity index (χ4n) is 1.81. The molecule has 0 bridgehead atoms. The summed E-state index contributed by atoms with van der Waals surface area (Å²) >= 11 is 1.31. The van der Waals surface area contributed by atoms with Gasteiger partial charge in [-0.25, -0.2) is 5.43 Å². The van der Waals surface area contributed by atoms with Gasteiger partial charge in [-0.2, -0.15) is 5.10 Å². The number of nitrogens with one attached hydrogen (secondary N) is 2. The predicted molar refractivity (Wildman–Crippen MR) is 91.9 cm³/mol. The van der Waals surface area contributed by atoms with E-state index < -0.39 is 5.91 Å². The molecule has 2 aromatic rings. The average molecular weight is 347 g/mol. The van der Waals surface area contributed by atoms with Gasteiger partial charge in [0.1, 0.15) is 11.5 Å². The molecule has 0 aliphatic rings. The lowest BCUT2D eigenvalue weighted by Gasteiger charge is -2.07. The highest BCUT2D eigenvalue weighted by molar-refractivity contribution is 7.12. The van der Waals surface area contributed by atoms with Gasteiger partial charge in [0.05, 0.1) is 31.9 Å². The van der Waals surface area contributed by atoms with Crippen LogP contribution in [0.15, 0.2) is 40.8 Å². The topological polar surface area (TPSA) is 89.0 Å². The number of thiophene rings is 1. The minimum Gasteiger partial charge on any atom is -0.497 e. The third-order valence-corrected chi connectivity index (χ3v) is 3.85. The van der Waals surface area contributed by atoms with Crippen molar-refractivity contribution in [1.82, 2.24) is 10.7 Å². The van der Waals surface area contributed by atoms with Gasteiger partial charge >= 0.3 is 0 Å². The van der Waals surface area contributed by atoms with E-state index in [1.165, 1.54) is 24.7 Å². The third kappa shape index (κ3) is 4.82. The smallest absolute Gasteiger partial charge is 0.261 e. The summed E-state index contributed by atoms with van der Waals surface area (Å²) < 4.78 is 10.3. The van der Waals surface area contributed by atoms with E-state index >= 15 is 0 Å². The zero-order valence-corrected chi connectivity index (χ0v) is 14.1. The molecule has 2 amide bonds.